The highest BCUT2D eigenvalue weighted by Crippen LogP contribution is 2.17. The highest BCUT2D eigenvalue weighted by Gasteiger charge is 2.17. The summed E-state index contributed by atoms with van der Waals surface area (Å²) in [7, 11) is 1.74. The van der Waals surface area contributed by atoms with Crippen molar-refractivity contribution in [2.45, 2.75) is 20.4 Å². The molecule has 0 aliphatic rings. The van der Waals surface area contributed by atoms with Crippen LogP contribution in [0.4, 0.5) is 5.13 Å². The Morgan fingerprint density at radius 2 is 2.20 bits per heavy atom. The lowest BCUT2D eigenvalue weighted by atomic mass is 10.3. The zero-order chi connectivity index (χ0) is 14.5. The van der Waals surface area contributed by atoms with E-state index in [0.717, 1.165) is 17.9 Å². The molecule has 0 bridgehead atoms. The van der Waals surface area contributed by atoms with Crippen molar-refractivity contribution in [3.8, 4) is 0 Å². The third-order valence-corrected chi connectivity index (χ3v) is 3.50. The summed E-state index contributed by atoms with van der Waals surface area (Å²) in [5.74, 6) is -0.144. The summed E-state index contributed by atoms with van der Waals surface area (Å²) in [5.41, 5.74) is 1.80. The molecule has 20 heavy (non-hydrogen) atoms. The number of hydrogen-bond donors (Lipinski definition) is 1. The molecule has 0 saturated heterocycles. The van der Waals surface area contributed by atoms with Crippen LogP contribution in [0.25, 0.3) is 0 Å². The summed E-state index contributed by atoms with van der Waals surface area (Å²) in [6.45, 7) is 5.11. The molecule has 1 N–H and O–H groups in total. The van der Waals surface area contributed by atoms with Crippen LogP contribution in [0.3, 0.4) is 0 Å². The molecule has 0 atom stereocenters. The first kappa shape index (κ1) is 14.4. The molecule has 6 nitrogen and oxygen atoms in total. The number of hydrogen-bond acceptors (Lipinski definition) is 6. The van der Waals surface area contributed by atoms with Gasteiger partial charge in [0.25, 0.3) is 5.91 Å². The molecule has 2 heterocycles. The van der Waals surface area contributed by atoms with Crippen molar-refractivity contribution in [2.24, 2.45) is 0 Å². The summed E-state index contributed by atoms with van der Waals surface area (Å²) in [5, 5.41) is 11.9. The quantitative estimate of drug-likeness (QED) is 0.911. The zero-order valence-corrected chi connectivity index (χ0v) is 12.6. The molecule has 7 heteroatoms. The highest BCUT2D eigenvalue weighted by molar-refractivity contribution is 7.17. The second kappa shape index (κ2) is 6.42. The molecule has 2 aromatic rings. The van der Waals surface area contributed by atoms with Gasteiger partial charge >= 0.3 is 0 Å². The van der Waals surface area contributed by atoms with E-state index in [2.05, 4.69) is 20.5 Å². The van der Waals surface area contributed by atoms with Gasteiger partial charge in [0.2, 0.25) is 10.1 Å². The predicted octanol–water partition coefficient (Wildman–Crippen LogP) is 1.95. The minimum Gasteiger partial charge on any atom is -0.360 e. The minimum atomic E-state index is -0.144. The standard InChI is InChI=1S/C13H17N5OS/c1-4-14-13-17-16-11(20-13)12(19)18(3)8-10-7-5-6-9(2)15-10/h5-7H,4,8H2,1-3H3,(H,14,17). The molecule has 0 spiro atoms. The molecule has 0 radical (unpaired) electrons. The van der Waals surface area contributed by atoms with Gasteiger partial charge in [-0.25, -0.2) is 0 Å². The van der Waals surface area contributed by atoms with Gasteiger partial charge in [-0.1, -0.05) is 17.4 Å². The van der Waals surface area contributed by atoms with Crippen molar-refractivity contribution in [3.63, 3.8) is 0 Å². The molecule has 2 rings (SSSR count). The predicted molar refractivity (Wildman–Crippen MR) is 78.8 cm³/mol. The van der Waals surface area contributed by atoms with Crippen LogP contribution in [0.1, 0.15) is 28.1 Å². The number of nitrogens with one attached hydrogen (secondary N) is 1. The number of amides is 1. The van der Waals surface area contributed by atoms with Crippen molar-refractivity contribution in [3.05, 3.63) is 34.6 Å². The molecule has 0 unspecified atom stereocenters. The molecular weight excluding hydrogens is 274 g/mol. The average molecular weight is 291 g/mol. The van der Waals surface area contributed by atoms with Crippen LogP contribution in [0.5, 0.6) is 0 Å². The summed E-state index contributed by atoms with van der Waals surface area (Å²) in [6, 6.07) is 5.77. The normalized spacial score (nSPS) is 10.3. The molecule has 106 valence electrons. The topological polar surface area (TPSA) is 71.0 Å². The second-order valence-electron chi connectivity index (χ2n) is 4.37. The maximum atomic E-state index is 12.2. The van der Waals surface area contributed by atoms with E-state index in [0.29, 0.717) is 16.7 Å². The van der Waals surface area contributed by atoms with Gasteiger partial charge in [0.05, 0.1) is 12.2 Å². The zero-order valence-electron chi connectivity index (χ0n) is 11.8. The van der Waals surface area contributed by atoms with E-state index >= 15 is 0 Å². The number of carbonyl (C=O) groups excluding carboxylic acids is 1. The van der Waals surface area contributed by atoms with E-state index in [1.807, 2.05) is 32.0 Å². The van der Waals surface area contributed by atoms with Gasteiger partial charge in [0.1, 0.15) is 0 Å². The van der Waals surface area contributed by atoms with Gasteiger partial charge in [-0.3, -0.25) is 9.78 Å². The largest absolute Gasteiger partial charge is 0.360 e. The van der Waals surface area contributed by atoms with Crippen molar-refractivity contribution in [1.82, 2.24) is 20.1 Å². The SMILES string of the molecule is CCNc1nnc(C(=O)N(C)Cc2cccc(C)n2)s1. The Labute approximate surface area is 121 Å². The third kappa shape index (κ3) is 3.51. The third-order valence-electron chi connectivity index (χ3n) is 2.63. The summed E-state index contributed by atoms with van der Waals surface area (Å²) in [4.78, 5) is 18.2. The first-order valence-corrected chi connectivity index (χ1v) is 7.17. The fourth-order valence-corrected chi connectivity index (χ4v) is 2.50. The van der Waals surface area contributed by atoms with E-state index in [1.165, 1.54) is 11.3 Å². The first-order chi connectivity index (χ1) is 9.60. The van der Waals surface area contributed by atoms with Crippen LogP contribution in [0, 0.1) is 6.92 Å². The second-order valence-corrected chi connectivity index (χ2v) is 5.35. The molecule has 0 aromatic carbocycles. The van der Waals surface area contributed by atoms with Gasteiger partial charge in [0, 0.05) is 19.3 Å². The summed E-state index contributed by atoms with van der Waals surface area (Å²) in [6.07, 6.45) is 0. The van der Waals surface area contributed by atoms with E-state index in [1.54, 1.807) is 11.9 Å². The highest BCUT2D eigenvalue weighted by atomic mass is 32.1. The molecule has 1 amide bonds. The number of anilines is 1. The van der Waals surface area contributed by atoms with E-state index in [9.17, 15) is 4.79 Å². The van der Waals surface area contributed by atoms with Crippen LogP contribution in [0.15, 0.2) is 18.2 Å². The lowest BCUT2D eigenvalue weighted by Crippen LogP contribution is -2.26. The molecule has 0 aliphatic heterocycles. The van der Waals surface area contributed by atoms with Crippen LogP contribution < -0.4 is 5.32 Å². The molecule has 0 fully saturated rings. The lowest BCUT2D eigenvalue weighted by molar-refractivity contribution is 0.0782. The Morgan fingerprint density at radius 3 is 2.90 bits per heavy atom. The van der Waals surface area contributed by atoms with Crippen molar-refractivity contribution >= 4 is 22.4 Å². The fourth-order valence-electron chi connectivity index (χ4n) is 1.70. The van der Waals surface area contributed by atoms with E-state index in [4.69, 9.17) is 0 Å². The number of carbonyl (C=O) groups is 1. The number of rotatable bonds is 5. The van der Waals surface area contributed by atoms with Crippen LogP contribution >= 0.6 is 11.3 Å². The Balaban J connectivity index is 2.04. The van der Waals surface area contributed by atoms with Crippen molar-refractivity contribution in [2.75, 3.05) is 18.9 Å². The molecule has 2 aromatic heterocycles. The first-order valence-electron chi connectivity index (χ1n) is 6.35. The van der Waals surface area contributed by atoms with E-state index < -0.39 is 0 Å². The summed E-state index contributed by atoms with van der Waals surface area (Å²) >= 11 is 1.26. The van der Waals surface area contributed by atoms with Gasteiger partial charge in [0.15, 0.2) is 0 Å². The average Bonchev–Trinajstić information content (AvgIpc) is 2.87. The van der Waals surface area contributed by atoms with Crippen LogP contribution in [-0.2, 0) is 6.54 Å². The Bertz CT molecular complexity index is 598. The monoisotopic (exact) mass is 291 g/mol. The molecular formula is C13H17N5OS. The van der Waals surface area contributed by atoms with Gasteiger partial charge in [-0.2, -0.15) is 0 Å². The fraction of sp³-hybridized carbons (Fsp3) is 0.385. The summed E-state index contributed by atoms with van der Waals surface area (Å²) < 4.78 is 0. The van der Waals surface area contributed by atoms with Crippen LogP contribution in [0.2, 0.25) is 0 Å². The minimum absolute atomic E-state index is 0.144. The van der Waals surface area contributed by atoms with Crippen molar-refractivity contribution < 1.29 is 4.79 Å². The lowest BCUT2D eigenvalue weighted by Gasteiger charge is -2.14. The maximum absolute atomic E-state index is 12.2. The Hall–Kier alpha value is -2.02. The maximum Gasteiger partial charge on any atom is 0.284 e. The molecule has 0 aliphatic carbocycles. The number of aromatic nitrogens is 3. The smallest absolute Gasteiger partial charge is 0.284 e. The van der Waals surface area contributed by atoms with Gasteiger partial charge in [-0.15, -0.1) is 10.2 Å². The Morgan fingerprint density at radius 1 is 1.40 bits per heavy atom. The number of aryl methyl sites for hydroxylation is 1. The number of nitrogens with zero attached hydrogens (tertiary/aromatic N) is 4. The van der Waals surface area contributed by atoms with Crippen LogP contribution in [-0.4, -0.2) is 39.6 Å². The van der Waals surface area contributed by atoms with E-state index in [-0.39, 0.29) is 5.91 Å². The number of pyridine rings is 1. The molecule has 0 saturated carbocycles. The van der Waals surface area contributed by atoms with Gasteiger partial charge in [-0.05, 0) is 26.0 Å². The Kier molecular flexibility index (Phi) is 4.62. The van der Waals surface area contributed by atoms with Crippen molar-refractivity contribution in [1.29, 1.82) is 0 Å². The van der Waals surface area contributed by atoms with Gasteiger partial charge < -0.3 is 10.2 Å².